The Balaban J connectivity index is 1.89. The molecule has 1 unspecified atom stereocenters. The van der Waals surface area contributed by atoms with Crippen LogP contribution in [0.5, 0.6) is 11.5 Å². The second-order valence-corrected chi connectivity index (χ2v) is 5.49. The molecule has 0 spiro atoms. The summed E-state index contributed by atoms with van der Waals surface area (Å²) in [5.74, 6) is 0.127. The van der Waals surface area contributed by atoms with Crippen molar-refractivity contribution >= 4 is 17.7 Å². The summed E-state index contributed by atoms with van der Waals surface area (Å²) in [5.41, 5.74) is 1.30. The number of benzene rings is 1. The van der Waals surface area contributed by atoms with Crippen molar-refractivity contribution in [2.24, 2.45) is 0 Å². The van der Waals surface area contributed by atoms with Gasteiger partial charge in [0.15, 0.2) is 11.5 Å². The van der Waals surface area contributed by atoms with Crippen LogP contribution in [0.2, 0.25) is 0 Å². The first-order valence-electron chi connectivity index (χ1n) is 7.53. The lowest BCUT2D eigenvalue weighted by Crippen LogP contribution is -2.52. The van der Waals surface area contributed by atoms with Crippen LogP contribution >= 0.6 is 0 Å². The molecule has 2 aliphatic heterocycles. The third-order valence-electron chi connectivity index (χ3n) is 4.11. The van der Waals surface area contributed by atoms with Crippen molar-refractivity contribution in [1.82, 2.24) is 10.2 Å². The molecule has 0 aromatic heterocycles. The van der Waals surface area contributed by atoms with E-state index in [-0.39, 0.29) is 18.2 Å². The van der Waals surface area contributed by atoms with Crippen molar-refractivity contribution in [3.8, 4) is 11.5 Å². The normalized spacial score (nSPS) is 20.3. The average Bonchev–Trinajstić information content (AvgIpc) is 2.83. The van der Waals surface area contributed by atoms with Gasteiger partial charge in [-0.1, -0.05) is 0 Å². The number of amides is 3. The molecule has 0 bridgehead atoms. The van der Waals surface area contributed by atoms with Crippen LogP contribution in [0.15, 0.2) is 12.1 Å². The van der Waals surface area contributed by atoms with Gasteiger partial charge in [0.1, 0.15) is 6.04 Å². The molecule has 2 heterocycles. The maximum atomic E-state index is 12.6. The first-order chi connectivity index (χ1) is 11.0. The number of imide groups is 1. The molecule has 0 radical (unpaired) electrons. The summed E-state index contributed by atoms with van der Waals surface area (Å²) in [4.78, 5) is 37.4. The molecule has 7 heteroatoms. The molecule has 3 amide bonds. The number of ether oxygens (including phenoxy) is 2. The monoisotopic (exact) mass is 318 g/mol. The zero-order valence-corrected chi connectivity index (χ0v) is 13.0. The molecule has 1 saturated heterocycles. The molecule has 1 atom stereocenters. The number of fused-ring (bicyclic) bond motifs is 1. The minimum Gasteiger partial charge on any atom is -0.493 e. The van der Waals surface area contributed by atoms with Crippen molar-refractivity contribution in [2.75, 3.05) is 13.7 Å². The Bertz CT molecular complexity index is 685. The Kier molecular flexibility index (Phi) is 3.94. The number of methoxy groups -OCH3 is 1. The molecular formula is C16H18N2O5. The van der Waals surface area contributed by atoms with Crippen LogP contribution in [0.1, 0.15) is 35.7 Å². The van der Waals surface area contributed by atoms with Gasteiger partial charge in [0.2, 0.25) is 11.8 Å². The Morgan fingerprint density at radius 3 is 2.70 bits per heavy atom. The number of carbonyl (C=O) groups excluding carboxylic acids is 3. The number of hydrogen-bond donors (Lipinski definition) is 1. The van der Waals surface area contributed by atoms with Crippen molar-refractivity contribution in [2.45, 2.75) is 32.4 Å². The van der Waals surface area contributed by atoms with Crippen LogP contribution in [0.25, 0.3) is 0 Å². The molecule has 7 nitrogen and oxygen atoms in total. The summed E-state index contributed by atoms with van der Waals surface area (Å²) in [6, 6.07) is 2.81. The minimum absolute atomic E-state index is 0.226. The van der Waals surface area contributed by atoms with E-state index in [2.05, 4.69) is 5.32 Å². The fourth-order valence-corrected chi connectivity index (χ4v) is 3.00. The summed E-state index contributed by atoms with van der Waals surface area (Å²) < 4.78 is 10.8. The third kappa shape index (κ3) is 2.62. The van der Waals surface area contributed by atoms with Gasteiger partial charge in [-0.25, -0.2) is 0 Å². The van der Waals surface area contributed by atoms with E-state index < -0.39 is 11.9 Å². The van der Waals surface area contributed by atoms with Gasteiger partial charge < -0.3 is 14.4 Å². The van der Waals surface area contributed by atoms with Crippen LogP contribution in [0.4, 0.5) is 0 Å². The highest BCUT2D eigenvalue weighted by atomic mass is 16.5. The van der Waals surface area contributed by atoms with Crippen LogP contribution in [-0.4, -0.2) is 42.4 Å². The Hall–Kier alpha value is -2.57. The van der Waals surface area contributed by atoms with E-state index in [1.165, 1.54) is 12.0 Å². The topological polar surface area (TPSA) is 84.9 Å². The Labute approximate surface area is 133 Å². The summed E-state index contributed by atoms with van der Waals surface area (Å²) >= 11 is 0. The second-order valence-electron chi connectivity index (χ2n) is 5.49. The number of carbonyl (C=O) groups is 3. The van der Waals surface area contributed by atoms with E-state index in [1.54, 1.807) is 12.1 Å². The number of hydrogen-bond acceptors (Lipinski definition) is 5. The summed E-state index contributed by atoms with van der Waals surface area (Å²) in [5, 5.41) is 2.29. The van der Waals surface area contributed by atoms with E-state index >= 15 is 0 Å². The predicted octanol–water partition coefficient (Wildman–Crippen LogP) is 0.855. The van der Waals surface area contributed by atoms with E-state index in [4.69, 9.17) is 9.47 Å². The molecule has 1 aromatic carbocycles. The van der Waals surface area contributed by atoms with Gasteiger partial charge in [0.25, 0.3) is 5.91 Å². The largest absolute Gasteiger partial charge is 0.493 e. The molecule has 0 aliphatic carbocycles. The van der Waals surface area contributed by atoms with Crippen LogP contribution in [0.3, 0.4) is 0 Å². The fraction of sp³-hybridized carbons (Fsp3) is 0.438. The number of piperidine rings is 1. The van der Waals surface area contributed by atoms with E-state index in [0.29, 0.717) is 36.6 Å². The number of nitrogens with one attached hydrogen (secondary N) is 1. The van der Waals surface area contributed by atoms with Gasteiger partial charge >= 0.3 is 0 Å². The fourth-order valence-electron chi connectivity index (χ4n) is 3.00. The Morgan fingerprint density at radius 1 is 1.26 bits per heavy atom. The molecule has 1 N–H and O–H groups in total. The highest BCUT2D eigenvalue weighted by Gasteiger charge is 2.39. The zero-order chi connectivity index (χ0) is 16.6. The highest BCUT2D eigenvalue weighted by molar-refractivity contribution is 6.05. The molecule has 0 saturated carbocycles. The second kappa shape index (κ2) is 5.91. The van der Waals surface area contributed by atoms with E-state index in [1.807, 2.05) is 6.92 Å². The van der Waals surface area contributed by atoms with Crippen molar-refractivity contribution in [3.63, 3.8) is 0 Å². The summed E-state index contributed by atoms with van der Waals surface area (Å²) in [6.07, 6.45) is 0.587. The van der Waals surface area contributed by atoms with Gasteiger partial charge in [-0.3, -0.25) is 19.7 Å². The lowest BCUT2D eigenvalue weighted by Gasteiger charge is -2.29. The Morgan fingerprint density at radius 2 is 2.04 bits per heavy atom. The van der Waals surface area contributed by atoms with Gasteiger partial charge in [-0.15, -0.1) is 0 Å². The average molecular weight is 318 g/mol. The number of nitrogens with zero attached hydrogens (tertiary/aromatic N) is 1. The zero-order valence-electron chi connectivity index (χ0n) is 13.0. The molecule has 1 fully saturated rings. The molecule has 1 aromatic rings. The molecule has 3 rings (SSSR count). The summed E-state index contributed by atoms with van der Waals surface area (Å²) in [7, 11) is 1.52. The maximum Gasteiger partial charge on any atom is 0.255 e. The smallest absolute Gasteiger partial charge is 0.255 e. The number of rotatable bonds is 4. The van der Waals surface area contributed by atoms with Crippen LogP contribution in [0, 0.1) is 0 Å². The molecular weight excluding hydrogens is 300 g/mol. The van der Waals surface area contributed by atoms with Gasteiger partial charge in [0.05, 0.1) is 13.7 Å². The lowest BCUT2D eigenvalue weighted by molar-refractivity contribution is -0.136. The van der Waals surface area contributed by atoms with Crippen molar-refractivity contribution < 1.29 is 23.9 Å². The lowest BCUT2D eigenvalue weighted by atomic mass is 10.0. The van der Waals surface area contributed by atoms with E-state index in [0.717, 1.165) is 5.56 Å². The highest BCUT2D eigenvalue weighted by Crippen LogP contribution is 2.36. The van der Waals surface area contributed by atoms with Crippen molar-refractivity contribution in [3.05, 3.63) is 23.3 Å². The predicted molar refractivity (Wildman–Crippen MR) is 80.2 cm³/mol. The first-order valence-corrected chi connectivity index (χ1v) is 7.53. The third-order valence-corrected chi connectivity index (χ3v) is 4.11. The van der Waals surface area contributed by atoms with Gasteiger partial charge in [-0.05, 0) is 31.0 Å². The van der Waals surface area contributed by atoms with Crippen molar-refractivity contribution in [1.29, 1.82) is 0 Å². The molecule has 2 aliphatic rings. The van der Waals surface area contributed by atoms with Crippen LogP contribution in [-0.2, 0) is 16.1 Å². The standard InChI is InChI=1S/C16H18N2O5/c1-3-23-13-6-9-8-18(11-4-5-14(19)17-15(11)20)16(21)10(9)7-12(13)22-2/h6-7,11H,3-5,8H2,1-2H3,(H,17,19,20). The quantitative estimate of drug-likeness (QED) is 0.832. The van der Waals surface area contributed by atoms with Gasteiger partial charge in [-0.2, -0.15) is 0 Å². The summed E-state index contributed by atoms with van der Waals surface area (Å²) in [6.45, 7) is 2.68. The SMILES string of the molecule is CCOc1cc2c(cc1OC)C(=O)N(C1CCC(=O)NC1=O)C2. The minimum atomic E-state index is -0.617. The van der Waals surface area contributed by atoms with Gasteiger partial charge in [0, 0.05) is 18.5 Å². The van der Waals surface area contributed by atoms with Crippen LogP contribution < -0.4 is 14.8 Å². The molecule has 122 valence electrons. The molecule has 23 heavy (non-hydrogen) atoms. The van der Waals surface area contributed by atoms with E-state index in [9.17, 15) is 14.4 Å². The maximum absolute atomic E-state index is 12.6. The first kappa shape index (κ1) is 15.3.